The van der Waals surface area contributed by atoms with Crippen LogP contribution >= 0.6 is 0 Å². The molecule has 3 atom stereocenters. The van der Waals surface area contributed by atoms with Crippen molar-refractivity contribution in [3.63, 3.8) is 0 Å². The fraction of sp³-hybridized carbons (Fsp3) is 0.765. The topological polar surface area (TPSA) is 96.5 Å². The molecule has 3 rings (SSSR count). The van der Waals surface area contributed by atoms with Gasteiger partial charge >= 0.3 is 5.97 Å². The van der Waals surface area contributed by atoms with Crippen LogP contribution in [0, 0.1) is 5.92 Å². The van der Waals surface area contributed by atoms with Gasteiger partial charge in [0.1, 0.15) is 6.04 Å². The van der Waals surface area contributed by atoms with E-state index in [0.29, 0.717) is 30.5 Å². The first kappa shape index (κ1) is 16.9. The van der Waals surface area contributed by atoms with Crippen LogP contribution in [0.15, 0.2) is 4.52 Å². The first-order chi connectivity index (χ1) is 11.5. The van der Waals surface area contributed by atoms with Crippen molar-refractivity contribution in [2.45, 2.75) is 76.8 Å². The lowest BCUT2D eigenvalue weighted by molar-refractivity contribution is -0.149. The zero-order valence-corrected chi connectivity index (χ0v) is 14.3. The molecule has 2 fully saturated rings. The summed E-state index contributed by atoms with van der Waals surface area (Å²) in [5.41, 5.74) is 0. The summed E-state index contributed by atoms with van der Waals surface area (Å²) in [6.07, 6.45) is 5.31. The molecule has 0 spiro atoms. The van der Waals surface area contributed by atoms with Gasteiger partial charge in [0.25, 0.3) is 0 Å². The van der Waals surface area contributed by atoms with Gasteiger partial charge in [0.15, 0.2) is 5.82 Å². The monoisotopic (exact) mass is 335 g/mol. The molecule has 7 heteroatoms. The number of carbonyl (C=O) groups is 2. The van der Waals surface area contributed by atoms with E-state index < -0.39 is 12.0 Å². The maximum atomic E-state index is 12.7. The molecule has 1 amide bonds. The average Bonchev–Trinajstić information content (AvgIpc) is 3.17. The lowest BCUT2D eigenvalue weighted by Crippen LogP contribution is -2.46. The normalized spacial score (nSPS) is 26.6. The highest BCUT2D eigenvalue weighted by atomic mass is 16.5. The van der Waals surface area contributed by atoms with Crippen LogP contribution in [0.4, 0.5) is 0 Å². The van der Waals surface area contributed by atoms with Crippen molar-refractivity contribution in [3.8, 4) is 0 Å². The maximum Gasteiger partial charge on any atom is 0.326 e. The Labute approximate surface area is 141 Å². The van der Waals surface area contributed by atoms with Crippen LogP contribution in [0.25, 0.3) is 0 Å². The zero-order chi connectivity index (χ0) is 17.3. The molecule has 1 N–H and O–H groups in total. The Balaban J connectivity index is 1.66. The highest BCUT2D eigenvalue weighted by Crippen LogP contribution is 2.40. The van der Waals surface area contributed by atoms with Gasteiger partial charge in [-0.3, -0.25) is 4.79 Å². The van der Waals surface area contributed by atoms with E-state index in [1.54, 1.807) is 4.90 Å². The highest BCUT2D eigenvalue weighted by molar-refractivity contribution is 5.84. The van der Waals surface area contributed by atoms with Gasteiger partial charge in [0.05, 0.1) is 0 Å². The summed E-state index contributed by atoms with van der Waals surface area (Å²) in [5, 5.41) is 13.4. The van der Waals surface area contributed by atoms with Gasteiger partial charge in [-0.15, -0.1) is 0 Å². The molecule has 1 aromatic rings. The number of carboxylic acids is 1. The molecule has 2 heterocycles. The van der Waals surface area contributed by atoms with Gasteiger partial charge in [0.2, 0.25) is 11.8 Å². The molecule has 24 heavy (non-hydrogen) atoms. The van der Waals surface area contributed by atoms with E-state index in [2.05, 4.69) is 10.1 Å². The number of carbonyl (C=O) groups excluding carboxylic acids is 1. The van der Waals surface area contributed by atoms with E-state index in [0.717, 1.165) is 25.7 Å². The fourth-order valence-corrected chi connectivity index (χ4v) is 3.99. The highest BCUT2D eigenvalue weighted by Gasteiger charge is 2.47. The summed E-state index contributed by atoms with van der Waals surface area (Å²) >= 11 is 0. The van der Waals surface area contributed by atoms with Gasteiger partial charge in [-0.05, 0) is 25.2 Å². The Kier molecular flexibility index (Phi) is 4.87. The first-order valence-corrected chi connectivity index (χ1v) is 8.83. The Morgan fingerprint density at radius 3 is 2.75 bits per heavy atom. The summed E-state index contributed by atoms with van der Waals surface area (Å²) in [6.45, 7) is 3.95. The largest absolute Gasteiger partial charge is 0.480 e. The van der Waals surface area contributed by atoms with Crippen molar-refractivity contribution in [1.82, 2.24) is 15.0 Å². The van der Waals surface area contributed by atoms with Gasteiger partial charge < -0.3 is 14.5 Å². The third-order valence-corrected chi connectivity index (χ3v) is 5.21. The average molecular weight is 335 g/mol. The second kappa shape index (κ2) is 6.91. The third kappa shape index (κ3) is 3.30. The van der Waals surface area contributed by atoms with Crippen LogP contribution in [0.5, 0.6) is 0 Å². The van der Waals surface area contributed by atoms with Gasteiger partial charge in [-0.25, -0.2) is 4.79 Å². The Morgan fingerprint density at radius 1 is 1.33 bits per heavy atom. The third-order valence-electron chi connectivity index (χ3n) is 5.21. The molecule has 3 unspecified atom stereocenters. The van der Waals surface area contributed by atoms with E-state index in [1.807, 2.05) is 13.8 Å². The molecule has 1 aromatic heterocycles. The SMILES string of the molecule is CC(C)c1noc(CCC(=O)N2C(C(=O)O)CC3CCCCC32)n1. The molecule has 1 saturated carbocycles. The van der Waals surface area contributed by atoms with Gasteiger partial charge in [-0.2, -0.15) is 4.98 Å². The Morgan fingerprint density at radius 2 is 2.08 bits per heavy atom. The number of aliphatic carboxylic acids is 1. The van der Waals surface area contributed by atoms with Crippen LogP contribution in [-0.4, -0.2) is 44.1 Å². The minimum absolute atomic E-state index is 0.0845. The predicted molar refractivity (Wildman–Crippen MR) is 85.3 cm³/mol. The van der Waals surface area contributed by atoms with Crippen LogP contribution < -0.4 is 0 Å². The van der Waals surface area contributed by atoms with Gasteiger partial charge in [0, 0.05) is 24.8 Å². The Hall–Kier alpha value is -1.92. The first-order valence-electron chi connectivity index (χ1n) is 8.83. The maximum absolute atomic E-state index is 12.7. The van der Waals surface area contributed by atoms with E-state index in [-0.39, 0.29) is 24.3 Å². The Bertz CT molecular complexity index is 613. The molecule has 0 aromatic carbocycles. The summed E-state index contributed by atoms with van der Waals surface area (Å²) in [5.74, 6) is 0.586. The van der Waals surface area contributed by atoms with Crippen LogP contribution in [0.1, 0.15) is 70.0 Å². The molecule has 1 aliphatic carbocycles. The summed E-state index contributed by atoms with van der Waals surface area (Å²) in [4.78, 5) is 30.2. The smallest absolute Gasteiger partial charge is 0.326 e. The summed E-state index contributed by atoms with van der Waals surface area (Å²) in [6, 6.07) is -0.597. The number of carboxylic acid groups (broad SMARTS) is 1. The second-order valence-electron chi connectivity index (χ2n) is 7.20. The van der Waals surface area contributed by atoms with E-state index in [9.17, 15) is 14.7 Å². The number of aromatic nitrogens is 2. The van der Waals surface area contributed by atoms with Crippen molar-refractivity contribution in [2.75, 3.05) is 0 Å². The molecule has 0 bridgehead atoms. The zero-order valence-electron chi connectivity index (χ0n) is 14.3. The molecule has 1 aliphatic heterocycles. The van der Waals surface area contributed by atoms with E-state index in [4.69, 9.17) is 4.52 Å². The van der Waals surface area contributed by atoms with Crippen LogP contribution in [-0.2, 0) is 16.0 Å². The molecular formula is C17H25N3O4. The van der Waals surface area contributed by atoms with Crippen molar-refractivity contribution in [2.24, 2.45) is 5.92 Å². The number of amides is 1. The molecule has 2 aliphatic rings. The molecule has 1 saturated heterocycles. The van der Waals surface area contributed by atoms with Crippen molar-refractivity contribution in [1.29, 1.82) is 0 Å². The molecular weight excluding hydrogens is 310 g/mol. The summed E-state index contributed by atoms with van der Waals surface area (Å²) < 4.78 is 5.17. The van der Waals surface area contributed by atoms with Crippen molar-refractivity contribution >= 4 is 11.9 Å². The predicted octanol–water partition coefficient (Wildman–Crippen LogP) is 2.37. The number of fused-ring (bicyclic) bond motifs is 1. The minimum Gasteiger partial charge on any atom is -0.480 e. The number of hydrogen-bond acceptors (Lipinski definition) is 5. The lowest BCUT2D eigenvalue weighted by atomic mass is 9.84. The quantitative estimate of drug-likeness (QED) is 0.887. The van der Waals surface area contributed by atoms with Crippen LogP contribution in [0.3, 0.4) is 0 Å². The van der Waals surface area contributed by atoms with Gasteiger partial charge in [-0.1, -0.05) is 31.8 Å². The fourth-order valence-electron chi connectivity index (χ4n) is 3.99. The van der Waals surface area contributed by atoms with Crippen LogP contribution in [0.2, 0.25) is 0 Å². The van der Waals surface area contributed by atoms with E-state index in [1.165, 1.54) is 0 Å². The van der Waals surface area contributed by atoms with E-state index >= 15 is 0 Å². The molecule has 7 nitrogen and oxygen atoms in total. The number of rotatable bonds is 5. The number of hydrogen-bond donors (Lipinski definition) is 1. The number of likely N-dealkylation sites (tertiary alicyclic amines) is 1. The second-order valence-corrected chi connectivity index (χ2v) is 7.20. The number of aryl methyl sites for hydroxylation is 1. The molecule has 132 valence electrons. The van der Waals surface area contributed by atoms with Crippen molar-refractivity contribution < 1.29 is 19.2 Å². The minimum atomic E-state index is -0.891. The van der Waals surface area contributed by atoms with Crippen molar-refractivity contribution in [3.05, 3.63) is 11.7 Å². The summed E-state index contributed by atoms with van der Waals surface area (Å²) in [7, 11) is 0. The lowest BCUT2D eigenvalue weighted by Gasteiger charge is -2.33. The number of nitrogens with zero attached hydrogens (tertiary/aromatic N) is 3. The molecule has 0 radical (unpaired) electrons. The standard InChI is InChI=1S/C17H25N3O4/c1-10(2)16-18-14(24-19-16)7-8-15(21)20-12-6-4-3-5-11(12)9-13(20)17(22)23/h10-13H,3-9H2,1-2H3,(H,22,23).